The number of nitrogens with zero attached hydrogens (tertiary/aromatic N) is 1. The number of carbonyl (C=O) groups is 2. The van der Waals surface area contributed by atoms with E-state index in [-0.39, 0.29) is 24.0 Å². The Morgan fingerprint density at radius 1 is 0.920 bits per heavy atom. The van der Waals surface area contributed by atoms with Gasteiger partial charge in [0.2, 0.25) is 0 Å². The number of carbonyl (C=O) groups excluding carboxylic acids is 2. The molecule has 0 bridgehead atoms. The highest BCUT2D eigenvalue weighted by molar-refractivity contribution is 5.95. The molecule has 0 fully saturated rings. The highest BCUT2D eigenvalue weighted by Gasteiger charge is 2.18. The molecule has 2 N–H and O–H groups in total. The molecule has 1 atom stereocenters. The van der Waals surface area contributed by atoms with Crippen LogP contribution in [0.25, 0.3) is 0 Å². The van der Waals surface area contributed by atoms with Crippen LogP contribution in [-0.4, -0.2) is 29.9 Å². The molecule has 2 rings (SSSR count). The summed E-state index contributed by atoms with van der Waals surface area (Å²) in [7, 11) is 1.79. The Balaban J connectivity index is 2.03. The molecule has 132 valence electrons. The Bertz CT molecular complexity index is 711. The topological polar surface area (TPSA) is 61.4 Å². The number of amides is 3. The van der Waals surface area contributed by atoms with Gasteiger partial charge in [-0.3, -0.25) is 4.79 Å². The average Bonchev–Trinajstić information content (AvgIpc) is 2.60. The van der Waals surface area contributed by atoms with Gasteiger partial charge in [0.15, 0.2) is 0 Å². The molecular formula is C20H25N3O2. The fourth-order valence-electron chi connectivity index (χ4n) is 2.46. The highest BCUT2D eigenvalue weighted by Crippen LogP contribution is 2.21. The van der Waals surface area contributed by atoms with Crippen molar-refractivity contribution < 1.29 is 9.59 Å². The van der Waals surface area contributed by atoms with E-state index in [1.54, 1.807) is 36.2 Å². The van der Waals surface area contributed by atoms with Crippen LogP contribution in [0.1, 0.15) is 42.7 Å². The number of benzene rings is 2. The lowest BCUT2D eigenvalue weighted by atomic mass is 10.1. The van der Waals surface area contributed by atoms with Gasteiger partial charge in [-0.15, -0.1) is 0 Å². The van der Waals surface area contributed by atoms with E-state index in [9.17, 15) is 9.59 Å². The molecule has 5 heteroatoms. The first-order chi connectivity index (χ1) is 11.9. The molecule has 25 heavy (non-hydrogen) atoms. The van der Waals surface area contributed by atoms with E-state index in [4.69, 9.17) is 0 Å². The number of urea groups is 1. The van der Waals surface area contributed by atoms with E-state index in [2.05, 4.69) is 10.6 Å². The summed E-state index contributed by atoms with van der Waals surface area (Å²) in [6, 6.07) is 16.6. The number of nitrogens with one attached hydrogen (secondary N) is 2. The van der Waals surface area contributed by atoms with Gasteiger partial charge in [0, 0.05) is 24.3 Å². The molecule has 0 spiro atoms. The smallest absolute Gasteiger partial charge is 0.319 e. The zero-order valence-electron chi connectivity index (χ0n) is 15.1. The van der Waals surface area contributed by atoms with Crippen molar-refractivity contribution in [1.82, 2.24) is 10.2 Å². The molecule has 0 aromatic heterocycles. The maximum absolute atomic E-state index is 12.7. The molecule has 0 radical (unpaired) electrons. The SMILES string of the molecule is CC(C)NC(=O)Nc1ccc(C(=O)N(C)C(C)c2ccccc2)cc1. The lowest BCUT2D eigenvalue weighted by molar-refractivity contribution is 0.0742. The van der Waals surface area contributed by atoms with Gasteiger partial charge in [0.05, 0.1) is 6.04 Å². The largest absolute Gasteiger partial charge is 0.336 e. The standard InChI is InChI=1S/C20H25N3O2/c1-14(2)21-20(25)22-18-12-10-17(11-13-18)19(24)23(4)15(3)16-8-6-5-7-9-16/h5-15H,1-4H3,(H2,21,22,25). The second kappa shape index (κ2) is 8.33. The molecule has 0 aliphatic heterocycles. The van der Waals surface area contributed by atoms with Crippen LogP contribution in [0.5, 0.6) is 0 Å². The Morgan fingerprint density at radius 3 is 2.08 bits per heavy atom. The molecule has 2 aromatic rings. The van der Waals surface area contributed by atoms with Crippen molar-refractivity contribution in [2.75, 3.05) is 12.4 Å². The van der Waals surface area contributed by atoms with Crippen molar-refractivity contribution in [2.24, 2.45) is 0 Å². The lowest BCUT2D eigenvalue weighted by Gasteiger charge is -2.25. The number of rotatable bonds is 5. The van der Waals surface area contributed by atoms with Gasteiger partial charge in [0.25, 0.3) is 5.91 Å². The molecule has 0 heterocycles. The van der Waals surface area contributed by atoms with Crippen molar-refractivity contribution in [3.8, 4) is 0 Å². The van der Waals surface area contributed by atoms with E-state index < -0.39 is 0 Å². The van der Waals surface area contributed by atoms with Gasteiger partial charge >= 0.3 is 6.03 Å². The molecule has 5 nitrogen and oxygen atoms in total. The summed E-state index contributed by atoms with van der Waals surface area (Å²) in [5.41, 5.74) is 2.32. The molecule has 1 unspecified atom stereocenters. The van der Waals surface area contributed by atoms with E-state index in [0.717, 1.165) is 5.56 Å². The highest BCUT2D eigenvalue weighted by atomic mass is 16.2. The predicted octanol–water partition coefficient (Wildman–Crippen LogP) is 4.05. The van der Waals surface area contributed by atoms with Crippen LogP contribution in [0.4, 0.5) is 10.5 Å². The molecule has 0 saturated heterocycles. The summed E-state index contributed by atoms with van der Waals surface area (Å²) in [6.45, 7) is 5.79. The Kier molecular flexibility index (Phi) is 6.17. The van der Waals surface area contributed by atoms with Crippen LogP contribution in [0.15, 0.2) is 54.6 Å². The molecule has 3 amide bonds. The van der Waals surface area contributed by atoms with Gasteiger partial charge in [-0.25, -0.2) is 4.79 Å². The summed E-state index contributed by atoms with van der Waals surface area (Å²) < 4.78 is 0. The normalized spacial score (nSPS) is 11.7. The van der Waals surface area contributed by atoms with E-state index in [0.29, 0.717) is 11.3 Å². The predicted molar refractivity (Wildman–Crippen MR) is 101 cm³/mol. The van der Waals surface area contributed by atoms with Gasteiger partial charge in [-0.05, 0) is 50.6 Å². The van der Waals surface area contributed by atoms with Gasteiger partial charge < -0.3 is 15.5 Å². The van der Waals surface area contributed by atoms with Crippen molar-refractivity contribution in [2.45, 2.75) is 32.9 Å². The third kappa shape index (κ3) is 5.08. The lowest BCUT2D eigenvalue weighted by Crippen LogP contribution is -2.34. The maximum atomic E-state index is 12.7. The Hall–Kier alpha value is -2.82. The summed E-state index contributed by atoms with van der Waals surface area (Å²) in [4.78, 5) is 26.1. The second-order valence-electron chi connectivity index (χ2n) is 6.33. The summed E-state index contributed by atoms with van der Waals surface area (Å²) >= 11 is 0. The zero-order valence-corrected chi connectivity index (χ0v) is 15.1. The van der Waals surface area contributed by atoms with Crippen LogP contribution in [0.2, 0.25) is 0 Å². The second-order valence-corrected chi connectivity index (χ2v) is 6.33. The summed E-state index contributed by atoms with van der Waals surface area (Å²) in [6.07, 6.45) is 0. The first kappa shape index (κ1) is 18.5. The van der Waals surface area contributed by atoms with Gasteiger partial charge in [-0.2, -0.15) is 0 Å². The number of anilines is 1. The maximum Gasteiger partial charge on any atom is 0.319 e. The minimum absolute atomic E-state index is 0.0247. The van der Waals surface area contributed by atoms with Crippen molar-refractivity contribution in [3.05, 3.63) is 65.7 Å². The fraction of sp³-hybridized carbons (Fsp3) is 0.300. The van der Waals surface area contributed by atoms with Gasteiger partial charge in [-0.1, -0.05) is 30.3 Å². The average molecular weight is 339 g/mol. The third-order valence-electron chi connectivity index (χ3n) is 3.99. The van der Waals surface area contributed by atoms with Crippen LogP contribution in [0, 0.1) is 0 Å². The van der Waals surface area contributed by atoms with Crippen molar-refractivity contribution in [1.29, 1.82) is 0 Å². The fourth-order valence-corrected chi connectivity index (χ4v) is 2.46. The molecule has 2 aromatic carbocycles. The quantitative estimate of drug-likeness (QED) is 0.863. The molecule has 0 aliphatic rings. The minimum Gasteiger partial charge on any atom is -0.336 e. The molecular weight excluding hydrogens is 314 g/mol. The van der Waals surface area contributed by atoms with E-state index >= 15 is 0 Å². The number of hydrogen-bond acceptors (Lipinski definition) is 2. The van der Waals surface area contributed by atoms with Crippen LogP contribution in [-0.2, 0) is 0 Å². The van der Waals surface area contributed by atoms with E-state index in [1.807, 2.05) is 51.1 Å². The Labute approximate surface area is 149 Å². The van der Waals surface area contributed by atoms with Crippen LogP contribution in [0.3, 0.4) is 0 Å². The molecule has 0 aliphatic carbocycles. The third-order valence-corrected chi connectivity index (χ3v) is 3.99. The van der Waals surface area contributed by atoms with Gasteiger partial charge in [0.1, 0.15) is 0 Å². The molecule has 0 saturated carbocycles. The van der Waals surface area contributed by atoms with Crippen LogP contribution >= 0.6 is 0 Å². The Morgan fingerprint density at radius 2 is 1.52 bits per heavy atom. The van der Waals surface area contributed by atoms with Crippen molar-refractivity contribution in [3.63, 3.8) is 0 Å². The number of hydrogen-bond donors (Lipinski definition) is 2. The monoisotopic (exact) mass is 339 g/mol. The van der Waals surface area contributed by atoms with Crippen LogP contribution < -0.4 is 10.6 Å². The first-order valence-electron chi connectivity index (χ1n) is 8.38. The first-order valence-corrected chi connectivity index (χ1v) is 8.38. The minimum atomic E-state index is -0.260. The zero-order chi connectivity index (χ0) is 18.4. The van der Waals surface area contributed by atoms with E-state index in [1.165, 1.54) is 0 Å². The summed E-state index contributed by atoms with van der Waals surface area (Å²) in [5, 5.41) is 5.50. The summed E-state index contributed by atoms with van der Waals surface area (Å²) in [5.74, 6) is -0.0606. The van der Waals surface area contributed by atoms with Crippen molar-refractivity contribution >= 4 is 17.6 Å².